The van der Waals surface area contributed by atoms with E-state index in [0.717, 1.165) is 22.3 Å². The topological polar surface area (TPSA) is 78.3 Å². The van der Waals surface area contributed by atoms with Gasteiger partial charge in [-0.25, -0.2) is 0 Å². The third kappa shape index (κ3) is 4.28. The molecule has 0 unspecified atom stereocenters. The summed E-state index contributed by atoms with van der Waals surface area (Å²) in [6.07, 6.45) is 0. The number of hydrogen-bond donors (Lipinski definition) is 1. The van der Waals surface area contributed by atoms with Crippen molar-refractivity contribution >= 4 is 17.7 Å². The number of thioether (sulfide) groups is 1. The Labute approximate surface area is 167 Å². The number of amides is 1. The van der Waals surface area contributed by atoms with Gasteiger partial charge in [-0.2, -0.15) is 0 Å². The molecule has 0 aliphatic carbocycles. The van der Waals surface area contributed by atoms with Crippen LogP contribution in [-0.4, -0.2) is 33.2 Å². The molecule has 2 aromatic carbocycles. The van der Waals surface area contributed by atoms with Gasteiger partial charge in [-0.15, -0.1) is 10.2 Å². The van der Waals surface area contributed by atoms with Gasteiger partial charge in [-0.3, -0.25) is 4.79 Å². The van der Waals surface area contributed by atoms with Gasteiger partial charge in [-0.1, -0.05) is 48.2 Å². The molecule has 0 saturated heterocycles. The highest BCUT2D eigenvalue weighted by Crippen LogP contribution is 2.32. The molecule has 1 N–H and O–H groups in total. The highest BCUT2D eigenvalue weighted by molar-refractivity contribution is 7.99. The largest absolute Gasteiger partial charge is 0.454 e. The number of rotatable bonds is 7. The van der Waals surface area contributed by atoms with Gasteiger partial charge in [0.15, 0.2) is 16.7 Å². The zero-order chi connectivity index (χ0) is 19.3. The highest BCUT2D eigenvalue weighted by Gasteiger charge is 2.14. The Morgan fingerprint density at radius 2 is 1.93 bits per heavy atom. The highest BCUT2D eigenvalue weighted by atomic mass is 32.2. The number of aryl methyl sites for hydroxylation is 1. The number of ether oxygens (including phenoxy) is 2. The number of carbonyl (C=O) groups excluding carboxylic acids is 1. The van der Waals surface area contributed by atoms with Crippen molar-refractivity contribution in [2.45, 2.75) is 25.2 Å². The molecule has 1 aliphatic rings. The Morgan fingerprint density at radius 3 is 2.79 bits per heavy atom. The zero-order valence-electron chi connectivity index (χ0n) is 15.4. The molecule has 28 heavy (non-hydrogen) atoms. The molecule has 0 radical (unpaired) electrons. The molecular formula is C20H20N4O3S. The molecule has 0 atom stereocenters. The number of fused-ring (bicyclic) bond motifs is 1. The Morgan fingerprint density at radius 1 is 1.11 bits per heavy atom. The molecule has 144 valence electrons. The van der Waals surface area contributed by atoms with Crippen LogP contribution in [0, 0.1) is 6.92 Å². The minimum absolute atomic E-state index is 0.0606. The number of nitrogens with zero attached hydrogens (tertiary/aromatic N) is 3. The second-order valence-corrected chi connectivity index (χ2v) is 7.30. The molecule has 1 aromatic heterocycles. The number of carbonyl (C=O) groups is 1. The van der Waals surface area contributed by atoms with Crippen LogP contribution in [0.3, 0.4) is 0 Å². The standard InChI is InChI=1S/C20H20N4O3S/c1-14-22-23-20(24(14)11-15-5-3-2-4-6-15)28-12-19(25)21-10-16-7-8-17-18(9-16)27-13-26-17/h2-9H,10-13H2,1H3,(H,21,25). The molecular weight excluding hydrogens is 376 g/mol. The average Bonchev–Trinajstić information content (AvgIpc) is 3.32. The van der Waals surface area contributed by atoms with E-state index in [9.17, 15) is 4.79 Å². The SMILES string of the molecule is Cc1nnc(SCC(=O)NCc2ccc3c(c2)OCO3)n1Cc1ccccc1. The van der Waals surface area contributed by atoms with E-state index in [0.29, 0.717) is 18.8 Å². The number of benzene rings is 2. The summed E-state index contributed by atoms with van der Waals surface area (Å²) >= 11 is 1.38. The van der Waals surface area contributed by atoms with E-state index < -0.39 is 0 Å². The van der Waals surface area contributed by atoms with Gasteiger partial charge < -0.3 is 19.4 Å². The summed E-state index contributed by atoms with van der Waals surface area (Å²) in [5.74, 6) is 2.49. The van der Waals surface area contributed by atoms with Crippen molar-refractivity contribution in [3.8, 4) is 11.5 Å². The maximum atomic E-state index is 12.3. The fourth-order valence-corrected chi connectivity index (χ4v) is 3.66. The van der Waals surface area contributed by atoms with Gasteiger partial charge in [0.2, 0.25) is 12.7 Å². The van der Waals surface area contributed by atoms with Crippen LogP contribution in [0.4, 0.5) is 0 Å². The minimum atomic E-state index is -0.0606. The monoisotopic (exact) mass is 396 g/mol. The second-order valence-electron chi connectivity index (χ2n) is 6.35. The molecule has 0 fully saturated rings. The Kier molecular flexibility index (Phi) is 5.48. The lowest BCUT2D eigenvalue weighted by Gasteiger charge is -2.09. The summed E-state index contributed by atoms with van der Waals surface area (Å²) in [4.78, 5) is 12.3. The maximum absolute atomic E-state index is 12.3. The Hall–Kier alpha value is -3.00. The fourth-order valence-electron chi connectivity index (χ4n) is 2.85. The summed E-state index contributed by atoms with van der Waals surface area (Å²) in [5.41, 5.74) is 2.13. The lowest BCUT2D eigenvalue weighted by atomic mass is 10.2. The van der Waals surface area contributed by atoms with E-state index in [-0.39, 0.29) is 18.5 Å². The van der Waals surface area contributed by atoms with Crippen molar-refractivity contribution in [2.75, 3.05) is 12.5 Å². The fraction of sp³-hybridized carbons (Fsp3) is 0.250. The van der Waals surface area contributed by atoms with E-state index in [4.69, 9.17) is 9.47 Å². The molecule has 3 aromatic rings. The molecule has 2 heterocycles. The lowest BCUT2D eigenvalue weighted by Crippen LogP contribution is -2.24. The summed E-state index contributed by atoms with van der Waals surface area (Å²) in [7, 11) is 0. The van der Waals surface area contributed by atoms with Gasteiger partial charge in [0.1, 0.15) is 5.82 Å². The summed E-state index contributed by atoms with van der Waals surface area (Å²) in [6, 6.07) is 15.8. The molecule has 1 amide bonds. The number of hydrogen-bond acceptors (Lipinski definition) is 6. The van der Waals surface area contributed by atoms with E-state index in [2.05, 4.69) is 27.6 Å². The predicted octanol–water partition coefficient (Wildman–Crippen LogP) is 2.77. The third-order valence-corrected chi connectivity index (χ3v) is 5.31. The quantitative estimate of drug-likeness (QED) is 0.619. The lowest BCUT2D eigenvalue weighted by molar-refractivity contribution is -0.118. The molecule has 1 aliphatic heterocycles. The molecule has 0 saturated carbocycles. The van der Waals surface area contributed by atoms with Crippen LogP contribution in [-0.2, 0) is 17.9 Å². The Balaban J connectivity index is 1.31. The van der Waals surface area contributed by atoms with E-state index >= 15 is 0 Å². The predicted molar refractivity (Wildman–Crippen MR) is 105 cm³/mol. The van der Waals surface area contributed by atoms with E-state index in [1.807, 2.05) is 47.9 Å². The third-order valence-electron chi connectivity index (χ3n) is 4.34. The normalized spacial score (nSPS) is 12.2. The van der Waals surface area contributed by atoms with Crippen LogP contribution in [0.2, 0.25) is 0 Å². The van der Waals surface area contributed by atoms with E-state index in [1.165, 1.54) is 17.3 Å². The van der Waals surface area contributed by atoms with Crippen LogP contribution in [0.25, 0.3) is 0 Å². The average molecular weight is 396 g/mol. The van der Waals surface area contributed by atoms with Crippen LogP contribution < -0.4 is 14.8 Å². The van der Waals surface area contributed by atoms with E-state index in [1.54, 1.807) is 0 Å². The summed E-state index contributed by atoms with van der Waals surface area (Å²) in [5, 5.41) is 12.0. The van der Waals surface area contributed by atoms with Gasteiger partial charge in [0, 0.05) is 6.54 Å². The summed E-state index contributed by atoms with van der Waals surface area (Å²) < 4.78 is 12.7. The first-order valence-corrected chi connectivity index (χ1v) is 9.89. The number of nitrogens with one attached hydrogen (secondary N) is 1. The van der Waals surface area contributed by atoms with Crippen LogP contribution >= 0.6 is 11.8 Å². The first-order valence-electron chi connectivity index (χ1n) is 8.91. The van der Waals surface area contributed by atoms with Gasteiger partial charge >= 0.3 is 0 Å². The first kappa shape index (κ1) is 18.4. The van der Waals surface area contributed by atoms with Crippen LogP contribution in [0.5, 0.6) is 11.5 Å². The molecule has 8 heteroatoms. The Bertz CT molecular complexity index is 975. The van der Waals surface area contributed by atoms with Crippen molar-refractivity contribution < 1.29 is 14.3 Å². The van der Waals surface area contributed by atoms with Crippen molar-refractivity contribution in [1.29, 1.82) is 0 Å². The summed E-state index contributed by atoms with van der Waals surface area (Å²) in [6.45, 7) is 3.27. The molecule has 7 nitrogen and oxygen atoms in total. The first-order chi connectivity index (χ1) is 13.7. The second kappa shape index (κ2) is 8.35. The van der Waals surface area contributed by atoms with Crippen molar-refractivity contribution in [3.63, 3.8) is 0 Å². The number of aromatic nitrogens is 3. The van der Waals surface area contributed by atoms with Crippen molar-refractivity contribution in [2.24, 2.45) is 0 Å². The van der Waals surface area contributed by atoms with Crippen LogP contribution in [0.1, 0.15) is 17.0 Å². The van der Waals surface area contributed by atoms with Crippen LogP contribution in [0.15, 0.2) is 53.7 Å². The van der Waals surface area contributed by atoms with Gasteiger partial charge in [0.05, 0.1) is 12.3 Å². The van der Waals surface area contributed by atoms with Gasteiger partial charge in [-0.05, 0) is 30.2 Å². The smallest absolute Gasteiger partial charge is 0.231 e. The van der Waals surface area contributed by atoms with Gasteiger partial charge in [0.25, 0.3) is 0 Å². The minimum Gasteiger partial charge on any atom is -0.454 e. The maximum Gasteiger partial charge on any atom is 0.231 e. The zero-order valence-corrected chi connectivity index (χ0v) is 16.2. The van der Waals surface area contributed by atoms with Crippen molar-refractivity contribution in [1.82, 2.24) is 20.1 Å². The molecule has 4 rings (SSSR count). The van der Waals surface area contributed by atoms with Crippen molar-refractivity contribution in [3.05, 3.63) is 65.5 Å². The molecule has 0 spiro atoms. The molecule has 0 bridgehead atoms.